The van der Waals surface area contributed by atoms with Crippen LogP contribution >= 0.6 is 0 Å². The summed E-state index contributed by atoms with van der Waals surface area (Å²) in [6.07, 6.45) is 7.81. The number of nitrogens with zero attached hydrogens (tertiary/aromatic N) is 3. The second-order valence-electron chi connectivity index (χ2n) is 8.19. The lowest BCUT2D eigenvalue weighted by atomic mass is 9.95. The number of aryl methyl sites for hydroxylation is 1. The Morgan fingerprint density at radius 1 is 1.14 bits per heavy atom. The second kappa shape index (κ2) is 7.39. The molecule has 148 valence electrons. The zero-order chi connectivity index (χ0) is 19.7. The first-order valence-corrected chi connectivity index (χ1v) is 9.98. The predicted molar refractivity (Wildman–Crippen MR) is 112 cm³/mol. The zero-order valence-corrected chi connectivity index (χ0v) is 16.7. The number of anilines is 3. The van der Waals surface area contributed by atoms with Crippen molar-refractivity contribution in [3.63, 3.8) is 0 Å². The van der Waals surface area contributed by atoms with E-state index in [-0.39, 0.29) is 0 Å². The quantitative estimate of drug-likeness (QED) is 0.524. The molecule has 0 saturated heterocycles. The molecule has 7 heteroatoms. The van der Waals surface area contributed by atoms with Crippen LogP contribution in [0.15, 0.2) is 24.5 Å². The first kappa shape index (κ1) is 18.7. The molecule has 0 aliphatic heterocycles. The highest BCUT2D eigenvalue weighted by atomic mass is 16.3. The van der Waals surface area contributed by atoms with Gasteiger partial charge in [-0.2, -0.15) is 9.97 Å². The number of nitrogens with one attached hydrogen (secondary N) is 3. The van der Waals surface area contributed by atoms with Crippen LogP contribution in [0.3, 0.4) is 0 Å². The van der Waals surface area contributed by atoms with Crippen LogP contribution in [0.5, 0.6) is 0 Å². The number of imidazole rings is 1. The standard InChI is InChI=1S/C21H28N6O/c1-13-11-14(21(2,3)28)9-10-16(13)25-20-26-18-17(22-12-23-18)19(27-20)24-15-7-5-4-6-8-15/h9-12,15,28H,4-8H2,1-3H3,(H3,22,23,24,25,26,27). The molecule has 3 aromatic rings. The Balaban J connectivity index is 1.62. The number of rotatable bonds is 5. The molecule has 1 aliphatic carbocycles. The van der Waals surface area contributed by atoms with Gasteiger partial charge < -0.3 is 20.7 Å². The molecule has 0 radical (unpaired) electrons. The van der Waals surface area contributed by atoms with Crippen molar-refractivity contribution in [2.75, 3.05) is 10.6 Å². The van der Waals surface area contributed by atoms with E-state index in [4.69, 9.17) is 4.98 Å². The highest BCUT2D eigenvalue weighted by Gasteiger charge is 2.19. The SMILES string of the molecule is Cc1cc(C(C)(C)O)ccc1Nc1nc(NC2CCCCC2)c2[nH]cnc2n1. The summed E-state index contributed by atoms with van der Waals surface area (Å²) in [5.41, 5.74) is 3.41. The summed E-state index contributed by atoms with van der Waals surface area (Å²) in [6.45, 7) is 5.57. The molecule has 1 aliphatic rings. The number of hydrogen-bond donors (Lipinski definition) is 4. The molecule has 28 heavy (non-hydrogen) atoms. The lowest BCUT2D eigenvalue weighted by Crippen LogP contribution is -2.23. The normalized spacial score (nSPS) is 15.7. The molecule has 4 N–H and O–H groups in total. The lowest BCUT2D eigenvalue weighted by molar-refractivity contribution is 0.0785. The van der Waals surface area contributed by atoms with E-state index in [1.807, 2.05) is 25.1 Å². The average Bonchev–Trinajstić information content (AvgIpc) is 3.12. The molecule has 0 atom stereocenters. The molecule has 0 unspecified atom stereocenters. The largest absolute Gasteiger partial charge is 0.386 e. The van der Waals surface area contributed by atoms with Crippen molar-refractivity contribution in [2.24, 2.45) is 0 Å². The molecular formula is C21H28N6O. The zero-order valence-electron chi connectivity index (χ0n) is 16.7. The van der Waals surface area contributed by atoms with Crippen LogP contribution in [0.2, 0.25) is 0 Å². The number of aromatic amines is 1. The molecule has 0 amide bonds. The maximum absolute atomic E-state index is 10.2. The minimum Gasteiger partial charge on any atom is -0.386 e. The molecule has 7 nitrogen and oxygen atoms in total. The Kier molecular flexibility index (Phi) is 4.93. The lowest BCUT2D eigenvalue weighted by Gasteiger charge is -2.23. The van der Waals surface area contributed by atoms with Gasteiger partial charge in [-0.1, -0.05) is 31.4 Å². The van der Waals surface area contributed by atoms with E-state index in [0.29, 0.717) is 17.6 Å². The number of aliphatic hydroxyl groups is 1. The molecule has 4 rings (SSSR count). The van der Waals surface area contributed by atoms with Crippen LogP contribution in [0.1, 0.15) is 57.1 Å². The van der Waals surface area contributed by atoms with Crippen LogP contribution < -0.4 is 10.6 Å². The Morgan fingerprint density at radius 3 is 2.64 bits per heavy atom. The number of hydrogen-bond acceptors (Lipinski definition) is 6. The third-order valence-corrected chi connectivity index (χ3v) is 5.41. The van der Waals surface area contributed by atoms with E-state index >= 15 is 0 Å². The van der Waals surface area contributed by atoms with Crippen molar-refractivity contribution in [2.45, 2.75) is 64.5 Å². The van der Waals surface area contributed by atoms with E-state index < -0.39 is 5.60 Å². The van der Waals surface area contributed by atoms with E-state index in [1.54, 1.807) is 20.2 Å². The fourth-order valence-corrected chi connectivity index (χ4v) is 3.74. The van der Waals surface area contributed by atoms with Gasteiger partial charge in [-0.15, -0.1) is 0 Å². The first-order valence-electron chi connectivity index (χ1n) is 9.98. The van der Waals surface area contributed by atoms with Gasteiger partial charge in [0.15, 0.2) is 11.5 Å². The third-order valence-electron chi connectivity index (χ3n) is 5.41. The number of H-pyrrole nitrogens is 1. The van der Waals surface area contributed by atoms with Gasteiger partial charge in [0.05, 0.1) is 11.9 Å². The number of fused-ring (bicyclic) bond motifs is 1. The van der Waals surface area contributed by atoms with E-state index in [9.17, 15) is 5.11 Å². The summed E-state index contributed by atoms with van der Waals surface area (Å²) in [5.74, 6) is 1.31. The Morgan fingerprint density at radius 2 is 1.93 bits per heavy atom. The van der Waals surface area contributed by atoms with Gasteiger partial charge in [-0.25, -0.2) is 4.98 Å². The first-order chi connectivity index (χ1) is 13.4. The van der Waals surface area contributed by atoms with Gasteiger partial charge in [-0.05, 0) is 50.8 Å². The average molecular weight is 380 g/mol. The third kappa shape index (κ3) is 3.94. The molecule has 1 aromatic carbocycles. The van der Waals surface area contributed by atoms with Crippen molar-refractivity contribution in [1.29, 1.82) is 0 Å². The molecule has 0 bridgehead atoms. The molecule has 2 heterocycles. The topological polar surface area (TPSA) is 98.8 Å². The fraction of sp³-hybridized carbons (Fsp3) is 0.476. The fourth-order valence-electron chi connectivity index (χ4n) is 3.74. The summed E-state index contributed by atoms with van der Waals surface area (Å²) in [7, 11) is 0. The van der Waals surface area contributed by atoms with Crippen molar-refractivity contribution < 1.29 is 5.11 Å². The highest BCUT2D eigenvalue weighted by Crippen LogP contribution is 2.28. The van der Waals surface area contributed by atoms with E-state index in [1.165, 1.54) is 32.1 Å². The van der Waals surface area contributed by atoms with Crippen LogP contribution in [0.25, 0.3) is 11.2 Å². The van der Waals surface area contributed by atoms with Crippen LogP contribution in [-0.4, -0.2) is 31.1 Å². The number of aromatic nitrogens is 4. The van der Waals surface area contributed by atoms with Crippen LogP contribution in [0, 0.1) is 6.92 Å². The van der Waals surface area contributed by atoms with E-state index in [0.717, 1.165) is 28.1 Å². The van der Waals surface area contributed by atoms with Gasteiger partial charge in [0.1, 0.15) is 5.52 Å². The summed E-state index contributed by atoms with van der Waals surface area (Å²) >= 11 is 0. The second-order valence-corrected chi connectivity index (χ2v) is 8.19. The Hall–Kier alpha value is -2.67. The minimum atomic E-state index is -0.870. The molecule has 1 saturated carbocycles. The molecular weight excluding hydrogens is 352 g/mol. The summed E-state index contributed by atoms with van der Waals surface area (Å²) in [6, 6.07) is 6.30. The molecule has 1 fully saturated rings. The van der Waals surface area contributed by atoms with Gasteiger partial charge in [0.2, 0.25) is 5.95 Å². The van der Waals surface area contributed by atoms with Gasteiger partial charge in [-0.3, -0.25) is 0 Å². The predicted octanol–water partition coefficient (Wildman–Crippen LogP) is 4.38. The summed E-state index contributed by atoms with van der Waals surface area (Å²) in [5, 5.41) is 17.1. The highest BCUT2D eigenvalue weighted by molar-refractivity contribution is 5.84. The smallest absolute Gasteiger partial charge is 0.231 e. The maximum Gasteiger partial charge on any atom is 0.231 e. The van der Waals surface area contributed by atoms with Gasteiger partial charge >= 0.3 is 0 Å². The van der Waals surface area contributed by atoms with Crippen LogP contribution in [0.4, 0.5) is 17.5 Å². The van der Waals surface area contributed by atoms with Crippen LogP contribution in [-0.2, 0) is 5.60 Å². The summed E-state index contributed by atoms with van der Waals surface area (Å²) < 4.78 is 0. The summed E-state index contributed by atoms with van der Waals surface area (Å²) in [4.78, 5) is 16.7. The monoisotopic (exact) mass is 380 g/mol. The molecule has 2 aromatic heterocycles. The maximum atomic E-state index is 10.2. The van der Waals surface area contributed by atoms with Crippen molar-refractivity contribution in [3.8, 4) is 0 Å². The van der Waals surface area contributed by atoms with Gasteiger partial charge in [0.25, 0.3) is 0 Å². The number of benzene rings is 1. The van der Waals surface area contributed by atoms with Crippen molar-refractivity contribution >= 4 is 28.6 Å². The minimum absolute atomic E-state index is 0.441. The van der Waals surface area contributed by atoms with Gasteiger partial charge in [0, 0.05) is 11.7 Å². The van der Waals surface area contributed by atoms with E-state index in [2.05, 4.69) is 25.6 Å². The Bertz CT molecular complexity index is 969. The Labute approximate surface area is 165 Å². The van der Waals surface area contributed by atoms with Crippen molar-refractivity contribution in [3.05, 3.63) is 35.7 Å². The van der Waals surface area contributed by atoms with Crippen molar-refractivity contribution in [1.82, 2.24) is 19.9 Å². The molecule has 0 spiro atoms.